The zero-order valence-corrected chi connectivity index (χ0v) is 20.8. The highest BCUT2D eigenvalue weighted by atomic mass is 19.1. The summed E-state index contributed by atoms with van der Waals surface area (Å²) in [5, 5.41) is 2.97. The number of nitrogens with one attached hydrogen (secondary N) is 1. The van der Waals surface area contributed by atoms with Crippen molar-refractivity contribution in [2.45, 2.75) is 60.0 Å². The van der Waals surface area contributed by atoms with Crippen LogP contribution in [0.1, 0.15) is 58.1 Å². The SMILES string of the molecule is CCC(CC)C(=O)N(Cc1cccc(F)c1)Cc1cc(NC(=O)CC(C)C)ccc1N(C)C. The van der Waals surface area contributed by atoms with Gasteiger partial charge in [0.15, 0.2) is 0 Å². The Morgan fingerprint density at radius 2 is 1.70 bits per heavy atom. The molecule has 0 heterocycles. The molecule has 33 heavy (non-hydrogen) atoms. The average Bonchev–Trinajstić information content (AvgIpc) is 2.73. The fourth-order valence-corrected chi connectivity index (χ4v) is 3.98. The van der Waals surface area contributed by atoms with Crippen LogP contribution >= 0.6 is 0 Å². The molecule has 5 nitrogen and oxygen atoms in total. The first-order valence-corrected chi connectivity index (χ1v) is 11.8. The zero-order chi connectivity index (χ0) is 24.5. The van der Waals surface area contributed by atoms with Gasteiger partial charge in [-0.15, -0.1) is 0 Å². The minimum absolute atomic E-state index is 0.0294. The van der Waals surface area contributed by atoms with Crippen LogP contribution in [-0.2, 0) is 22.7 Å². The molecule has 2 aromatic carbocycles. The van der Waals surface area contributed by atoms with E-state index in [0.29, 0.717) is 25.2 Å². The third-order valence-corrected chi connectivity index (χ3v) is 5.71. The quantitative estimate of drug-likeness (QED) is 0.463. The van der Waals surface area contributed by atoms with Crippen molar-refractivity contribution in [3.63, 3.8) is 0 Å². The molecule has 0 atom stereocenters. The Morgan fingerprint density at radius 1 is 1.00 bits per heavy atom. The van der Waals surface area contributed by atoms with E-state index in [1.807, 2.05) is 71.0 Å². The molecule has 0 aliphatic carbocycles. The molecule has 6 heteroatoms. The predicted molar refractivity (Wildman–Crippen MR) is 134 cm³/mol. The van der Waals surface area contributed by atoms with Gasteiger partial charge in [0.2, 0.25) is 11.8 Å². The Hall–Kier alpha value is -2.89. The smallest absolute Gasteiger partial charge is 0.226 e. The third-order valence-electron chi connectivity index (χ3n) is 5.71. The molecule has 180 valence electrons. The standard InChI is InChI=1S/C27H38FN3O2/c1-7-21(8-2)27(33)31(17-20-10-9-11-23(28)15-20)18-22-16-24(12-13-25(22)30(5)6)29-26(32)14-19(3)4/h9-13,15-16,19,21H,7-8,14,17-18H2,1-6H3,(H,29,32). The summed E-state index contributed by atoms with van der Waals surface area (Å²) in [5.41, 5.74) is 3.36. The van der Waals surface area contributed by atoms with E-state index >= 15 is 0 Å². The molecule has 0 aliphatic heterocycles. The molecule has 1 N–H and O–H groups in total. The van der Waals surface area contributed by atoms with E-state index in [-0.39, 0.29) is 29.5 Å². The van der Waals surface area contributed by atoms with Crippen molar-refractivity contribution < 1.29 is 14.0 Å². The summed E-state index contributed by atoms with van der Waals surface area (Å²) in [5.74, 6) is -0.104. The molecule has 0 aliphatic rings. The van der Waals surface area contributed by atoms with Crippen molar-refractivity contribution >= 4 is 23.2 Å². The fraction of sp³-hybridized carbons (Fsp3) is 0.481. The van der Waals surface area contributed by atoms with E-state index < -0.39 is 0 Å². The van der Waals surface area contributed by atoms with E-state index in [2.05, 4.69) is 5.32 Å². The number of halogens is 1. The van der Waals surface area contributed by atoms with Gasteiger partial charge < -0.3 is 15.1 Å². The van der Waals surface area contributed by atoms with Crippen molar-refractivity contribution in [2.24, 2.45) is 11.8 Å². The van der Waals surface area contributed by atoms with Crippen LogP contribution in [0.5, 0.6) is 0 Å². The number of hydrogen-bond donors (Lipinski definition) is 1. The second-order valence-corrected chi connectivity index (χ2v) is 9.22. The number of anilines is 2. The van der Waals surface area contributed by atoms with Gasteiger partial charge in [-0.2, -0.15) is 0 Å². The maximum Gasteiger partial charge on any atom is 0.226 e. The fourth-order valence-electron chi connectivity index (χ4n) is 3.98. The Morgan fingerprint density at radius 3 is 2.27 bits per heavy atom. The minimum atomic E-state index is -0.314. The molecule has 0 radical (unpaired) electrons. The lowest BCUT2D eigenvalue weighted by Crippen LogP contribution is -2.35. The number of amides is 2. The van der Waals surface area contributed by atoms with Crippen LogP contribution in [0.3, 0.4) is 0 Å². The average molecular weight is 456 g/mol. The Bertz CT molecular complexity index is 939. The van der Waals surface area contributed by atoms with Crippen LogP contribution in [0.4, 0.5) is 15.8 Å². The highest BCUT2D eigenvalue weighted by molar-refractivity contribution is 5.91. The maximum absolute atomic E-state index is 13.8. The van der Waals surface area contributed by atoms with Gasteiger partial charge in [0.05, 0.1) is 0 Å². The summed E-state index contributed by atoms with van der Waals surface area (Å²) in [7, 11) is 3.91. The maximum atomic E-state index is 13.8. The summed E-state index contributed by atoms with van der Waals surface area (Å²) in [6.07, 6.45) is 1.95. The van der Waals surface area contributed by atoms with Crippen LogP contribution in [0.15, 0.2) is 42.5 Å². The predicted octanol–water partition coefficient (Wildman–Crippen LogP) is 5.84. The van der Waals surface area contributed by atoms with E-state index in [0.717, 1.165) is 29.7 Å². The lowest BCUT2D eigenvalue weighted by Gasteiger charge is -2.29. The van der Waals surface area contributed by atoms with Gasteiger partial charge in [0.25, 0.3) is 0 Å². The van der Waals surface area contributed by atoms with Crippen molar-refractivity contribution in [1.82, 2.24) is 4.90 Å². The molecule has 0 saturated carbocycles. The summed E-state index contributed by atoms with van der Waals surface area (Å²) < 4.78 is 13.8. The van der Waals surface area contributed by atoms with Crippen LogP contribution in [0, 0.1) is 17.7 Å². The molecule has 0 bridgehead atoms. The first-order valence-electron chi connectivity index (χ1n) is 11.8. The third kappa shape index (κ3) is 7.88. The van der Waals surface area contributed by atoms with Gasteiger partial charge in [-0.05, 0) is 60.2 Å². The number of nitrogens with zero attached hydrogens (tertiary/aromatic N) is 2. The van der Waals surface area contributed by atoms with Crippen molar-refractivity contribution in [1.29, 1.82) is 0 Å². The van der Waals surface area contributed by atoms with E-state index in [1.54, 1.807) is 11.0 Å². The Balaban J connectivity index is 2.39. The molecule has 2 aromatic rings. The number of carbonyl (C=O) groups is 2. The lowest BCUT2D eigenvalue weighted by atomic mass is 10.0. The van der Waals surface area contributed by atoms with Gasteiger partial charge in [-0.3, -0.25) is 9.59 Å². The van der Waals surface area contributed by atoms with Crippen LogP contribution < -0.4 is 10.2 Å². The van der Waals surface area contributed by atoms with Gasteiger partial charge >= 0.3 is 0 Å². The van der Waals surface area contributed by atoms with Gasteiger partial charge in [0.1, 0.15) is 5.82 Å². The van der Waals surface area contributed by atoms with Gasteiger partial charge in [-0.1, -0.05) is 39.8 Å². The van der Waals surface area contributed by atoms with E-state index in [9.17, 15) is 14.0 Å². The molecule has 0 unspecified atom stereocenters. The monoisotopic (exact) mass is 455 g/mol. The molecule has 2 amide bonds. The van der Waals surface area contributed by atoms with Crippen molar-refractivity contribution in [3.8, 4) is 0 Å². The second kappa shape index (κ2) is 12.4. The van der Waals surface area contributed by atoms with Crippen LogP contribution in [0.2, 0.25) is 0 Å². The van der Waals surface area contributed by atoms with Crippen molar-refractivity contribution in [3.05, 3.63) is 59.4 Å². The topological polar surface area (TPSA) is 52.7 Å². The number of benzene rings is 2. The first kappa shape index (κ1) is 26.4. The molecule has 0 aromatic heterocycles. The highest BCUT2D eigenvalue weighted by Crippen LogP contribution is 2.27. The minimum Gasteiger partial charge on any atom is -0.377 e. The van der Waals surface area contributed by atoms with E-state index in [4.69, 9.17) is 0 Å². The van der Waals surface area contributed by atoms with Crippen molar-refractivity contribution in [2.75, 3.05) is 24.3 Å². The molecular weight excluding hydrogens is 417 g/mol. The molecule has 0 saturated heterocycles. The second-order valence-electron chi connectivity index (χ2n) is 9.22. The zero-order valence-electron chi connectivity index (χ0n) is 20.8. The van der Waals surface area contributed by atoms with Crippen LogP contribution in [-0.4, -0.2) is 30.8 Å². The van der Waals surface area contributed by atoms with E-state index in [1.165, 1.54) is 12.1 Å². The highest BCUT2D eigenvalue weighted by Gasteiger charge is 2.23. The molecule has 2 rings (SSSR count). The summed E-state index contributed by atoms with van der Waals surface area (Å²) in [4.78, 5) is 29.5. The first-order chi connectivity index (χ1) is 15.6. The number of carbonyl (C=O) groups excluding carboxylic acids is 2. The Labute approximate surface area is 198 Å². The van der Waals surface area contributed by atoms with Gasteiger partial charge in [-0.25, -0.2) is 4.39 Å². The summed E-state index contributed by atoms with van der Waals surface area (Å²) in [6.45, 7) is 8.74. The Kier molecular flexibility index (Phi) is 9.89. The molecule has 0 spiro atoms. The largest absolute Gasteiger partial charge is 0.377 e. The summed E-state index contributed by atoms with van der Waals surface area (Å²) >= 11 is 0. The summed E-state index contributed by atoms with van der Waals surface area (Å²) in [6, 6.07) is 12.2. The molecular formula is C27H38FN3O2. The normalized spacial score (nSPS) is 11.1. The van der Waals surface area contributed by atoms with Crippen LogP contribution in [0.25, 0.3) is 0 Å². The molecule has 0 fully saturated rings. The number of rotatable bonds is 11. The number of hydrogen-bond acceptors (Lipinski definition) is 3. The lowest BCUT2D eigenvalue weighted by molar-refractivity contribution is -0.137. The van der Waals surface area contributed by atoms with Gasteiger partial charge in [0, 0.05) is 50.9 Å².